The molecule has 0 amide bonds. The fourth-order valence-electron chi connectivity index (χ4n) is 10.7. The molecule has 15 atom stereocenters. The minimum Gasteiger partial charge on any atom is -0.481 e. The van der Waals surface area contributed by atoms with Gasteiger partial charge in [0.15, 0.2) is 6.29 Å². The molecule has 2 aliphatic heterocycles. The molecule has 2 bridgehead atoms. The summed E-state index contributed by atoms with van der Waals surface area (Å²) in [6.07, 6.45) is 5.69. The maximum absolute atomic E-state index is 11.6. The van der Waals surface area contributed by atoms with Crippen molar-refractivity contribution in [2.24, 2.45) is 51.9 Å². The lowest BCUT2D eigenvalue weighted by molar-refractivity contribution is -0.300. The van der Waals surface area contributed by atoms with Gasteiger partial charge in [0, 0.05) is 11.3 Å². The molecule has 6 rings (SSSR count). The van der Waals surface area contributed by atoms with E-state index in [0.29, 0.717) is 23.7 Å². The first kappa shape index (κ1) is 27.4. The van der Waals surface area contributed by atoms with Crippen LogP contribution in [0.2, 0.25) is 0 Å². The first-order valence-corrected chi connectivity index (χ1v) is 15.0. The van der Waals surface area contributed by atoms with Crippen molar-refractivity contribution in [2.75, 3.05) is 0 Å². The molecule has 0 radical (unpaired) electrons. The van der Waals surface area contributed by atoms with Crippen LogP contribution < -0.4 is 11.5 Å². The molecule has 0 aromatic heterocycles. The van der Waals surface area contributed by atoms with E-state index in [1.165, 1.54) is 0 Å². The van der Waals surface area contributed by atoms with E-state index >= 15 is 0 Å². The Hall–Kier alpha value is -0.810. The lowest BCUT2D eigenvalue weighted by Crippen LogP contribution is -2.68. The van der Waals surface area contributed by atoms with Gasteiger partial charge in [-0.3, -0.25) is 4.79 Å². The number of ether oxygens (including phenoxy) is 3. The second-order valence-electron chi connectivity index (χ2n) is 14.1. The summed E-state index contributed by atoms with van der Waals surface area (Å²) >= 11 is 0. The Labute approximate surface area is 225 Å². The molecular weight excluding hydrogens is 488 g/mol. The first-order valence-electron chi connectivity index (χ1n) is 15.0. The van der Waals surface area contributed by atoms with Gasteiger partial charge in [-0.15, -0.1) is 0 Å². The molecule has 0 unspecified atom stereocenters. The second-order valence-corrected chi connectivity index (χ2v) is 14.1. The summed E-state index contributed by atoms with van der Waals surface area (Å²) in [6, 6.07) is -0.781. The van der Waals surface area contributed by atoms with Gasteiger partial charge in [-0.25, -0.2) is 0 Å². The Morgan fingerprint density at radius 1 is 0.974 bits per heavy atom. The fraction of sp³-hybridized carbons (Fsp3) is 0.966. The molecule has 2 heterocycles. The molecular formula is C29H48N2O7. The van der Waals surface area contributed by atoms with Gasteiger partial charge < -0.3 is 41.0 Å². The van der Waals surface area contributed by atoms with Crippen molar-refractivity contribution in [3.8, 4) is 0 Å². The highest BCUT2D eigenvalue weighted by atomic mass is 16.7. The molecule has 4 aliphatic carbocycles. The van der Waals surface area contributed by atoms with Crippen LogP contribution in [0, 0.1) is 40.4 Å². The third kappa shape index (κ3) is 3.79. The van der Waals surface area contributed by atoms with Gasteiger partial charge in [0.05, 0.1) is 36.4 Å². The summed E-state index contributed by atoms with van der Waals surface area (Å²) in [5, 5.41) is 30.3. The van der Waals surface area contributed by atoms with E-state index in [0.717, 1.165) is 57.8 Å². The number of fused-ring (bicyclic) bond motifs is 3. The number of carboxylic acid groups (broad SMARTS) is 1. The molecule has 4 saturated carbocycles. The zero-order valence-corrected chi connectivity index (χ0v) is 23.1. The largest absolute Gasteiger partial charge is 0.481 e. The molecule has 2 saturated heterocycles. The maximum Gasteiger partial charge on any atom is 0.303 e. The van der Waals surface area contributed by atoms with Crippen molar-refractivity contribution in [1.82, 2.24) is 0 Å². The topological polar surface area (TPSA) is 157 Å². The average molecular weight is 537 g/mol. The number of aliphatic hydroxyl groups is 2. The van der Waals surface area contributed by atoms with E-state index in [1.807, 2.05) is 0 Å². The number of aliphatic carboxylic acids is 1. The van der Waals surface area contributed by atoms with Gasteiger partial charge in [-0.1, -0.05) is 13.8 Å². The standard InChI is InChI=1S/C29H48N2O7/c1-14-23(34)22(30)24(35)26(36-14)37-16-6-9-27(2)15(12-16)4-5-20-19(27)7-10-28(3)18-8-11-29(20,28)38-25(31)17(18)13-21(32)33/h14-20,22-26,34-35H,4-13,30-31H2,1-3H3,(H,32,33)/t14-,15+,16-,17+,18+,19-,20+,22+,23-,24+,25-,26-,27-,28+,29-/m0/s1. The van der Waals surface area contributed by atoms with Crippen LogP contribution in [0.1, 0.15) is 85.0 Å². The molecule has 7 N–H and O–H groups in total. The molecule has 38 heavy (non-hydrogen) atoms. The van der Waals surface area contributed by atoms with Crippen molar-refractivity contribution in [2.45, 2.75) is 134 Å². The van der Waals surface area contributed by atoms with Crippen LogP contribution in [0.5, 0.6) is 0 Å². The van der Waals surface area contributed by atoms with Gasteiger partial charge in [0.1, 0.15) is 12.3 Å². The van der Waals surface area contributed by atoms with E-state index in [9.17, 15) is 20.1 Å². The number of hydrogen-bond donors (Lipinski definition) is 5. The van der Waals surface area contributed by atoms with E-state index in [4.69, 9.17) is 25.7 Å². The highest BCUT2D eigenvalue weighted by molar-refractivity contribution is 5.67. The van der Waals surface area contributed by atoms with Crippen molar-refractivity contribution in [3.05, 3.63) is 0 Å². The third-order valence-electron chi connectivity index (χ3n) is 12.7. The van der Waals surface area contributed by atoms with Crippen molar-refractivity contribution in [1.29, 1.82) is 0 Å². The second kappa shape index (κ2) is 9.36. The predicted molar refractivity (Wildman–Crippen MR) is 138 cm³/mol. The minimum atomic E-state index is -1.05. The Balaban J connectivity index is 1.18. The Morgan fingerprint density at radius 2 is 1.71 bits per heavy atom. The zero-order valence-electron chi connectivity index (χ0n) is 23.1. The number of carboxylic acids is 1. The van der Waals surface area contributed by atoms with Crippen LogP contribution in [0.15, 0.2) is 0 Å². The molecule has 0 aromatic rings. The SMILES string of the molecule is C[C@@H]1O[C@@H](O[C@H]2CC[C@@]3(C)[C@H](CC[C@@H]4[C@@H]3CC[C@]3(C)[C@@H]5CC[C@]43O[C@H](N)[C@@H]5CC(=O)O)C2)[C@H](O)[C@H](N)[C@H]1O. The third-order valence-corrected chi connectivity index (χ3v) is 12.7. The Bertz CT molecular complexity index is 937. The van der Waals surface area contributed by atoms with E-state index in [-0.39, 0.29) is 34.9 Å². The highest BCUT2D eigenvalue weighted by Gasteiger charge is 2.72. The first-order chi connectivity index (χ1) is 17.9. The van der Waals surface area contributed by atoms with Crippen LogP contribution in [-0.2, 0) is 19.0 Å². The fourth-order valence-corrected chi connectivity index (χ4v) is 10.7. The number of nitrogens with two attached hydrogens (primary N) is 2. The van der Waals surface area contributed by atoms with E-state index < -0.39 is 42.8 Å². The maximum atomic E-state index is 11.6. The Morgan fingerprint density at radius 3 is 2.45 bits per heavy atom. The number of aliphatic hydroxyl groups excluding tert-OH is 2. The minimum absolute atomic E-state index is 0.00192. The molecule has 216 valence electrons. The van der Waals surface area contributed by atoms with Gasteiger partial charge in [0.2, 0.25) is 0 Å². The quantitative estimate of drug-likeness (QED) is 0.340. The monoisotopic (exact) mass is 536 g/mol. The summed E-state index contributed by atoms with van der Waals surface area (Å²) in [6.45, 7) is 6.62. The normalized spacial score (nSPS) is 58.0. The molecule has 9 nitrogen and oxygen atoms in total. The Kier molecular flexibility index (Phi) is 6.74. The molecule has 0 spiro atoms. The summed E-state index contributed by atoms with van der Waals surface area (Å²) in [4.78, 5) is 11.6. The van der Waals surface area contributed by atoms with Crippen LogP contribution in [0.25, 0.3) is 0 Å². The van der Waals surface area contributed by atoms with Crippen LogP contribution in [0.3, 0.4) is 0 Å². The molecule has 9 heteroatoms. The smallest absolute Gasteiger partial charge is 0.303 e. The van der Waals surface area contributed by atoms with Gasteiger partial charge in [-0.05, 0) is 93.8 Å². The van der Waals surface area contributed by atoms with E-state index in [2.05, 4.69) is 13.8 Å². The van der Waals surface area contributed by atoms with Gasteiger partial charge >= 0.3 is 5.97 Å². The molecule has 6 fully saturated rings. The summed E-state index contributed by atoms with van der Waals surface area (Å²) in [5.74, 6) is 0.944. The average Bonchev–Trinajstić information content (AvgIpc) is 3.07. The summed E-state index contributed by atoms with van der Waals surface area (Å²) < 4.78 is 19.0. The number of rotatable bonds is 4. The van der Waals surface area contributed by atoms with Crippen LogP contribution in [0.4, 0.5) is 0 Å². The van der Waals surface area contributed by atoms with Crippen LogP contribution >= 0.6 is 0 Å². The number of carbonyl (C=O) groups is 1. The lowest BCUT2D eigenvalue weighted by Gasteiger charge is -2.67. The molecule has 0 aromatic carbocycles. The van der Waals surface area contributed by atoms with Gasteiger partial charge in [-0.2, -0.15) is 0 Å². The van der Waals surface area contributed by atoms with Crippen molar-refractivity contribution >= 4 is 5.97 Å². The highest BCUT2D eigenvalue weighted by Crippen LogP contribution is 2.73. The summed E-state index contributed by atoms with van der Waals surface area (Å²) in [7, 11) is 0. The molecule has 6 aliphatic rings. The number of hydrogen-bond acceptors (Lipinski definition) is 8. The lowest BCUT2D eigenvalue weighted by atomic mass is 9.42. The van der Waals surface area contributed by atoms with Crippen molar-refractivity contribution < 1.29 is 34.3 Å². The zero-order chi connectivity index (χ0) is 27.2. The van der Waals surface area contributed by atoms with E-state index in [1.54, 1.807) is 6.92 Å². The summed E-state index contributed by atoms with van der Waals surface area (Å²) in [5.41, 5.74) is 12.5. The van der Waals surface area contributed by atoms with Crippen LogP contribution in [-0.4, -0.2) is 69.9 Å². The van der Waals surface area contributed by atoms with Gasteiger partial charge in [0.25, 0.3) is 0 Å². The predicted octanol–water partition coefficient (Wildman–Crippen LogP) is 2.35. The van der Waals surface area contributed by atoms with Crippen molar-refractivity contribution in [3.63, 3.8) is 0 Å².